The number of benzene rings is 2. The van der Waals surface area contributed by atoms with Gasteiger partial charge in [-0.3, -0.25) is 4.79 Å². The largest absolute Gasteiger partial charge is 0.348 e. The van der Waals surface area contributed by atoms with Crippen molar-refractivity contribution in [1.29, 1.82) is 0 Å². The third kappa shape index (κ3) is 4.88. The number of sulfonamides is 1. The van der Waals surface area contributed by atoms with Crippen molar-refractivity contribution in [3.05, 3.63) is 59.7 Å². The van der Waals surface area contributed by atoms with Crippen LogP contribution < -0.4 is 10.0 Å². The molecule has 2 aromatic rings. The van der Waals surface area contributed by atoms with Gasteiger partial charge in [0.2, 0.25) is 10.0 Å². The van der Waals surface area contributed by atoms with E-state index in [2.05, 4.69) is 10.0 Å². The second-order valence-electron chi connectivity index (χ2n) is 5.33. The van der Waals surface area contributed by atoms with Crippen LogP contribution in [0.3, 0.4) is 0 Å². The third-order valence-corrected chi connectivity index (χ3v) is 6.02. The Bertz CT molecular complexity index is 981. The van der Waals surface area contributed by atoms with E-state index in [4.69, 9.17) is 0 Å². The quantitative estimate of drug-likeness (QED) is 0.772. The molecule has 2 N–H and O–H groups in total. The maximum absolute atomic E-state index is 12.1. The van der Waals surface area contributed by atoms with Crippen LogP contribution in [-0.4, -0.2) is 36.0 Å². The fraction of sp³-hybridized carbons (Fsp3) is 0.188. The van der Waals surface area contributed by atoms with Crippen molar-refractivity contribution in [3.8, 4) is 0 Å². The van der Waals surface area contributed by atoms with Gasteiger partial charge in [-0.15, -0.1) is 0 Å². The van der Waals surface area contributed by atoms with Gasteiger partial charge in [-0.2, -0.15) is 0 Å². The molecule has 1 amide bonds. The molecule has 0 unspecified atom stereocenters. The van der Waals surface area contributed by atoms with Gasteiger partial charge in [-0.25, -0.2) is 21.6 Å². The van der Waals surface area contributed by atoms with Crippen molar-refractivity contribution in [3.63, 3.8) is 0 Å². The van der Waals surface area contributed by atoms with E-state index in [1.165, 1.54) is 43.4 Å². The molecule has 0 spiro atoms. The summed E-state index contributed by atoms with van der Waals surface area (Å²) in [4.78, 5) is 12.4. The summed E-state index contributed by atoms with van der Waals surface area (Å²) in [5.74, 6) is -0.387. The number of rotatable bonds is 6. The normalized spacial score (nSPS) is 11.9. The Kier molecular flexibility index (Phi) is 5.61. The highest BCUT2D eigenvalue weighted by Crippen LogP contribution is 2.12. The number of nitrogens with one attached hydrogen (secondary N) is 2. The molecule has 0 aliphatic carbocycles. The van der Waals surface area contributed by atoms with Gasteiger partial charge in [0.15, 0.2) is 9.84 Å². The SMILES string of the molecule is CNS(=O)(=O)c1cccc(CNC(=O)c2ccc(S(C)(=O)=O)cc2)c1. The molecule has 25 heavy (non-hydrogen) atoms. The second-order valence-corrected chi connectivity index (χ2v) is 9.24. The average Bonchev–Trinajstić information content (AvgIpc) is 2.59. The number of hydrogen-bond acceptors (Lipinski definition) is 5. The summed E-state index contributed by atoms with van der Waals surface area (Å²) in [5, 5.41) is 2.67. The van der Waals surface area contributed by atoms with Crippen molar-refractivity contribution in [1.82, 2.24) is 10.0 Å². The van der Waals surface area contributed by atoms with Crippen molar-refractivity contribution in [2.45, 2.75) is 16.3 Å². The van der Waals surface area contributed by atoms with E-state index >= 15 is 0 Å². The Hall–Kier alpha value is -2.23. The molecule has 0 saturated carbocycles. The summed E-state index contributed by atoms with van der Waals surface area (Å²) in [7, 11) is -5.54. The summed E-state index contributed by atoms with van der Waals surface area (Å²) in [6, 6.07) is 11.8. The first-order valence-electron chi connectivity index (χ1n) is 7.24. The first-order chi connectivity index (χ1) is 11.6. The second kappa shape index (κ2) is 7.34. The van der Waals surface area contributed by atoms with Gasteiger partial charge in [0.05, 0.1) is 9.79 Å². The Balaban J connectivity index is 2.09. The summed E-state index contributed by atoms with van der Waals surface area (Å²) < 4.78 is 48.6. The molecule has 0 saturated heterocycles. The minimum Gasteiger partial charge on any atom is -0.348 e. The topological polar surface area (TPSA) is 109 Å². The van der Waals surface area contributed by atoms with Crippen LogP contribution >= 0.6 is 0 Å². The van der Waals surface area contributed by atoms with Crippen molar-refractivity contribution < 1.29 is 21.6 Å². The van der Waals surface area contributed by atoms with Gasteiger partial charge >= 0.3 is 0 Å². The van der Waals surface area contributed by atoms with Gasteiger partial charge in [0.1, 0.15) is 0 Å². The van der Waals surface area contributed by atoms with Crippen LogP contribution in [0.4, 0.5) is 0 Å². The zero-order valence-corrected chi connectivity index (χ0v) is 15.3. The number of hydrogen-bond donors (Lipinski definition) is 2. The predicted molar refractivity (Wildman–Crippen MR) is 93.4 cm³/mol. The zero-order valence-electron chi connectivity index (χ0n) is 13.7. The molecule has 0 atom stereocenters. The molecule has 7 nitrogen and oxygen atoms in total. The monoisotopic (exact) mass is 382 g/mol. The van der Waals surface area contributed by atoms with Crippen LogP contribution in [0.25, 0.3) is 0 Å². The van der Waals surface area contributed by atoms with Gasteiger partial charge in [0.25, 0.3) is 5.91 Å². The highest BCUT2D eigenvalue weighted by atomic mass is 32.2. The molecule has 0 aromatic heterocycles. The lowest BCUT2D eigenvalue weighted by atomic mass is 10.2. The molecule has 134 valence electrons. The average molecular weight is 382 g/mol. The minimum absolute atomic E-state index is 0.110. The molecule has 2 rings (SSSR count). The van der Waals surface area contributed by atoms with Crippen LogP contribution in [0.15, 0.2) is 58.3 Å². The fourth-order valence-corrected chi connectivity index (χ4v) is 3.51. The molecule has 0 bridgehead atoms. The van der Waals surface area contributed by atoms with Crippen LogP contribution in [0.1, 0.15) is 15.9 Å². The van der Waals surface area contributed by atoms with Crippen molar-refractivity contribution >= 4 is 25.8 Å². The maximum atomic E-state index is 12.1. The lowest BCUT2D eigenvalue weighted by Crippen LogP contribution is -2.23. The Morgan fingerprint density at radius 3 is 2.16 bits per heavy atom. The molecule has 0 radical (unpaired) electrons. The van der Waals surface area contributed by atoms with Gasteiger partial charge in [-0.1, -0.05) is 12.1 Å². The molecule has 0 aliphatic heterocycles. The van der Waals surface area contributed by atoms with E-state index in [1.807, 2.05) is 0 Å². The van der Waals surface area contributed by atoms with E-state index in [9.17, 15) is 21.6 Å². The van der Waals surface area contributed by atoms with E-state index in [0.717, 1.165) is 6.26 Å². The molecule has 2 aromatic carbocycles. The number of amides is 1. The smallest absolute Gasteiger partial charge is 0.251 e. The van der Waals surface area contributed by atoms with Crippen molar-refractivity contribution in [2.24, 2.45) is 0 Å². The molecular weight excluding hydrogens is 364 g/mol. The lowest BCUT2D eigenvalue weighted by molar-refractivity contribution is 0.0951. The molecule has 9 heteroatoms. The molecular formula is C16H18N2O5S2. The highest BCUT2D eigenvalue weighted by molar-refractivity contribution is 7.90. The predicted octanol–water partition coefficient (Wildman–Crippen LogP) is 0.928. The fourth-order valence-electron chi connectivity index (χ4n) is 2.08. The van der Waals surface area contributed by atoms with Gasteiger partial charge < -0.3 is 5.32 Å². The zero-order chi connectivity index (χ0) is 18.7. The lowest BCUT2D eigenvalue weighted by Gasteiger charge is -2.08. The van der Waals surface area contributed by atoms with Crippen LogP contribution in [0, 0.1) is 0 Å². The van der Waals surface area contributed by atoms with E-state index < -0.39 is 19.9 Å². The number of carbonyl (C=O) groups excluding carboxylic acids is 1. The summed E-state index contributed by atoms with van der Waals surface area (Å²) >= 11 is 0. The third-order valence-electron chi connectivity index (χ3n) is 3.48. The Morgan fingerprint density at radius 2 is 1.60 bits per heavy atom. The van der Waals surface area contributed by atoms with Gasteiger partial charge in [0, 0.05) is 18.4 Å². The number of carbonyl (C=O) groups is 1. The molecule has 0 heterocycles. The highest BCUT2D eigenvalue weighted by Gasteiger charge is 2.12. The Morgan fingerprint density at radius 1 is 0.960 bits per heavy atom. The van der Waals surface area contributed by atoms with Crippen LogP contribution in [0.5, 0.6) is 0 Å². The van der Waals surface area contributed by atoms with Crippen LogP contribution in [0.2, 0.25) is 0 Å². The first kappa shape index (κ1) is 19.1. The number of sulfone groups is 1. The van der Waals surface area contributed by atoms with E-state index in [0.29, 0.717) is 11.1 Å². The van der Waals surface area contributed by atoms with Crippen molar-refractivity contribution in [2.75, 3.05) is 13.3 Å². The maximum Gasteiger partial charge on any atom is 0.251 e. The summed E-state index contributed by atoms with van der Waals surface area (Å²) in [6.45, 7) is 0.139. The molecule has 0 fully saturated rings. The van der Waals surface area contributed by atoms with Crippen LogP contribution in [-0.2, 0) is 26.4 Å². The van der Waals surface area contributed by atoms with E-state index in [-0.39, 0.29) is 22.2 Å². The summed E-state index contributed by atoms with van der Waals surface area (Å²) in [6.07, 6.45) is 1.09. The first-order valence-corrected chi connectivity index (χ1v) is 10.6. The standard InChI is InChI=1S/C16H18N2O5S2/c1-17-25(22,23)15-5-3-4-12(10-15)11-18-16(19)13-6-8-14(9-7-13)24(2,20)21/h3-10,17H,11H2,1-2H3,(H,18,19). The van der Waals surface area contributed by atoms with E-state index in [1.54, 1.807) is 12.1 Å². The minimum atomic E-state index is -3.55. The Labute approximate surface area is 147 Å². The molecule has 0 aliphatic rings. The van der Waals surface area contributed by atoms with Gasteiger partial charge in [-0.05, 0) is 49.0 Å². The summed E-state index contributed by atoms with van der Waals surface area (Å²) in [5.41, 5.74) is 0.934.